The highest BCUT2D eigenvalue weighted by molar-refractivity contribution is 7.08. The van der Waals surface area contributed by atoms with Crippen LogP contribution >= 0.6 is 11.3 Å². The fourth-order valence-corrected chi connectivity index (χ4v) is 2.97. The number of ether oxygens (including phenoxy) is 1. The van der Waals surface area contributed by atoms with E-state index in [4.69, 9.17) is 0 Å². The average Bonchev–Trinajstić information content (AvgIpc) is 3.13. The van der Waals surface area contributed by atoms with Gasteiger partial charge in [-0.25, -0.2) is 0 Å². The first kappa shape index (κ1) is 17.9. The molecule has 3 rings (SSSR count). The van der Waals surface area contributed by atoms with Gasteiger partial charge in [-0.3, -0.25) is 9.78 Å². The highest BCUT2D eigenvalue weighted by Gasteiger charge is 2.31. The first-order valence-electron chi connectivity index (χ1n) is 7.53. The summed E-state index contributed by atoms with van der Waals surface area (Å²) < 4.78 is 40.3. The summed E-state index contributed by atoms with van der Waals surface area (Å²) in [6, 6.07) is 10.3. The van der Waals surface area contributed by atoms with E-state index in [0.29, 0.717) is 0 Å². The molecule has 0 saturated heterocycles. The molecule has 0 atom stereocenters. The van der Waals surface area contributed by atoms with Crippen molar-refractivity contribution in [3.63, 3.8) is 0 Å². The largest absolute Gasteiger partial charge is 0.573 e. The molecule has 4 nitrogen and oxygen atoms in total. The summed E-state index contributed by atoms with van der Waals surface area (Å²) in [6.07, 6.45) is -3.08. The zero-order chi connectivity index (χ0) is 18.6. The van der Waals surface area contributed by atoms with Crippen LogP contribution in [0.25, 0.3) is 11.3 Å². The number of benzene rings is 1. The van der Waals surface area contributed by atoms with Crippen molar-refractivity contribution in [1.82, 2.24) is 10.3 Å². The number of amides is 1. The van der Waals surface area contributed by atoms with E-state index in [1.807, 2.05) is 22.9 Å². The number of carbonyl (C=O) groups is 1. The molecular formula is C18H13F3N2O2S. The lowest BCUT2D eigenvalue weighted by Crippen LogP contribution is -2.23. The van der Waals surface area contributed by atoms with Crippen molar-refractivity contribution in [2.24, 2.45) is 0 Å². The number of aromatic nitrogens is 1. The quantitative estimate of drug-likeness (QED) is 0.704. The van der Waals surface area contributed by atoms with Crippen LogP contribution in [0.5, 0.6) is 5.75 Å². The third kappa shape index (κ3) is 4.60. The Balaban J connectivity index is 1.66. The Morgan fingerprint density at radius 1 is 1.15 bits per heavy atom. The second-order valence-electron chi connectivity index (χ2n) is 5.28. The number of hydrogen-bond donors (Lipinski definition) is 1. The summed E-state index contributed by atoms with van der Waals surface area (Å²) in [6.45, 7) is 0.249. The molecule has 0 saturated carbocycles. The Bertz CT molecular complexity index is 878. The lowest BCUT2D eigenvalue weighted by molar-refractivity contribution is -0.274. The standard InChI is InChI=1S/C18H13F3N2O2S/c19-18(20,21)25-15-5-3-12(4-6-15)17(24)23-10-13-2-1-8-22-16(13)14-7-9-26-11-14/h1-9,11H,10H2,(H,23,24). The van der Waals surface area contributed by atoms with Crippen molar-refractivity contribution in [2.75, 3.05) is 0 Å². The zero-order valence-corrected chi connectivity index (χ0v) is 14.1. The third-order valence-corrected chi connectivity index (χ3v) is 4.16. The van der Waals surface area contributed by atoms with Crippen molar-refractivity contribution in [3.8, 4) is 17.0 Å². The summed E-state index contributed by atoms with van der Waals surface area (Å²) in [5.74, 6) is -0.773. The Hall–Kier alpha value is -2.87. The Labute approximate surface area is 151 Å². The van der Waals surface area contributed by atoms with Crippen LogP contribution in [-0.2, 0) is 6.54 Å². The van der Waals surface area contributed by atoms with Gasteiger partial charge in [0.25, 0.3) is 5.91 Å². The number of nitrogens with one attached hydrogen (secondary N) is 1. The molecule has 134 valence electrons. The van der Waals surface area contributed by atoms with Gasteiger partial charge in [-0.2, -0.15) is 11.3 Å². The molecule has 8 heteroatoms. The van der Waals surface area contributed by atoms with E-state index in [1.165, 1.54) is 12.1 Å². The van der Waals surface area contributed by atoms with Crippen LogP contribution in [0, 0.1) is 0 Å². The third-order valence-electron chi connectivity index (χ3n) is 3.48. The van der Waals surface area contributed by atoms with E-state index in [9.17, 15) is 18.0 Å². The summed E-state index contributed by atoms with van der Waals surface area (Å²) in [5, 5.41) is 6.65. The molecule has 0 aliphatic rings. The van der Waals surface area contributed by atoms with E-state index >= 15 is 0 Å². The number of hydrogen-bond acceptors (Lipinski definition) is 4. The fourth-order valence-electron chi connectivity index (χ4n) is 2.33. The predicted octanol–water partition coefficient (Wildman–Crippen LogP) is 4.64. The van der Waals surface area contributed by atoms with Crippen LogP contribution in [-0.4, -0.2) is 17.3 Å². The van der Waals surface area contributed by atoms with Gasteiger partial charge in [-0.15, -0.1) is 13.2 Å². The summed E-state index contributed by atoms with van der Waals surface area (Å²) >= 11 is 1.55. The fraction of sp³-hybridized carbons (Fsp3) is 0.111. The van der Waals surface area contributed by atoms with Gasteiger partial charge in [-0.1, -0.05) is 6.07 Å². The number of carbonyl (C=O) groups excluding carboxylic acids is 1. The smallest absolute Gasteiger partial charge is 0.406 e. The van der Waals surface area contributed by atoms with Crippen molar-refractivity contribution < 1.29 is 22.7 Å². The molecule has 0 fully saturated rings. The number of pyridine rings is 1. The van der Waals surface area contributed by atoms with Crippen LogP contribution in [0.2, 0.25) is 0 Å². The number of alkyl halides is 3. The molecule has 0 aliphatic heterocycles. The minimum atomic E-state index is -4.76. The maximum Gasteiger partial charge on any atom is 0.573 e. The van der Waals surface area contributed by atoms with E-state index in [2.05, 4.69) is 15.0 Å². The summed E-state index contributed by atoms with van der Waals surface area (Å²) in [7, 11) is 0. The van der Waals surface area contributed by atoms with Crippen molar-refractivity contribution in [3.05, 3.63) is 70.5 Å². The van der Waals surface area contributed by atoms with Crippen LogP contribution in [0.15, 0.2) is 59.4 Å². The molecule has 0 radical (unpaired) electrons. The predicted molar refractivity (Wildman–Crippen MR) is 91.8 cm³/mol. The van der Waals surface area contributed by atoms with Gasteiger partial charge in [-0.05, 0) is 47.3 Å². The molecule has 0 bridgehead atoms. The Morgan fingerprint density at radius 2 is 1.92 bits per heavy atom. The number of thiophene rings is 1. The van der Waals surface area contributed by atoms with E-state index in [1.54, 1.807) is 23.6 Å². The molecule has 0 unspecified atom stereocenters. The van der Waals surface area contributed by atoms with Crippen LogP contribution in [0.3, 0.4) is 0 Å². The van der Waals surface area contributed by atoms with Crippen molar-refractivity contribution in [2.45, 2.75) is 12.9 Å². The molecule has 1 amide bonds. The molecule has 26 heavy (non-hydrogen) atoms. The molecule has 2 aromatic heterocycles. The molecular weight excluding hydrogens is 365 g/mol. The minimum Gasteiger partial charge on any atom is -0.406 e. The average molecular weight is 378 g/mol. The van der Waals surface area contributed by atoms with Crippen LogP contribution < -0.4 is 10.1 Å². The molecule has 1 aromatic carbocycles. The van der Waals surface area contributed by atoms with Crippen molar-refractivity contribution in [1.29, 1.82) is 0 Å². The molecule has 0 spiro atoms. The number of rotatable bonds is 5. The van der Waals surface area contributed by atoms with Gasteiger partial charge in [0, 0.05) is 29.2 Å². The SMILES string of the molecule is O=C(NCc1cccnc1-c1ccsc1)c1ccc(OC(F)(F)F)cc1. The Morgan fingerprint density at radius 3 is 2.58 bits per heavy atom. The van der Waals surface area contributed by atoms with Gasteiger partial charge in [0.2, 0.25) is 0 Å². The zero-order valence-electron chi connectivity index (χ0n) is 13.3. The highest BCUT2D eigenvalue weighted by Crippen LogP contribution is 2.24. The molecule has 0 aliphatic carbocycles. The van der Waals surface area contributed by atoms with Gasteiger partial charge in [0.05, 0.1) is 5.69 Å². The van der Waals surface area contributed by atoms with Gasteiger partial charge in [0.1, 0.15) is 5.75 Å². The number of nitrogens with zero attached hydrogens (tertiary/aromatic N) is 1. The van der Waals surface area contributed by atoms with E-state index < -0.39 is 12.3 Å². The topological polar surface area (TPSA) is 51.2 Å². The lowest BCUT2D eigenvalue weighted by Gasteiger charge is -2.10. The van der Waals surface area contributed by atoms with Gasteiger partial charge >= 0.3 is 6.36 Å². The van der Waals surface area contributed by atoms with E-state index in [0.717, 1.165) is 29.0 Å². The maximum atomic E-state index is 12.2. The first-order chi connectivity index (χ1) is 12.4. The highest BCUT2D eigenvalue weighted by atomic mass is 32.1. The first-order valence-corrected chi connectivity index (χ1v) is 8.47. The van der Waals surface area contributed by atoms with E-state index in [-0.39, 0.29) is 17.9 Å². The maximum absolute atomic E-state index is 12.2. The van der Waals surface area contributed by atoms with Gasteiger partial charge in [0.15, 0.2) is 0 Å². The van der Waals surface area contributed by atoms with Crippen LogP contribution in [0.1, 0.15) is 15.9 Å². The Kier molecular flexibility index (Phi) is 5.22. The summed E-state index contributed by atoms with van der Waals surface area (Å²) in [4.78, 5) is 16.6. The summed E-state index contributed by atoms with van der Waals surface area (Å²) in [5.41, 5.74) is 2.83. The molecule has 2 heterocycles. The normalized spacial score (nSPS) is 11.2. The van der Waals surface area contributed by atoms with Gasteiger partial charge < -0.3 is 10.1 Å². The second kappa shape index (κ2) is 7.57. The molecule has 3 aromatic rings. The monoisotopic (exact) mass is 378 g/mol. The minimum absolute atomic E-state index is 0.237. The molecule has 1 N–H and O–H groups in total. The second-order valence-corrected chi connectivity index (χ2v) is 6.06. The van der Waals surface area contributed by atoms with Crippen molar-refractivity contribution >= 4 is 17.2 Å². The van der Waals surface area contributed by atoms with Crippen LogP contribution in [0.4, 0.5) is 13.2 Å². The number of halogens is 3. The lowest BCUT2D eigenvalue weighted by atomic mass is 10.1.